The molecule has 0 amide bonds. The summed E-state index contributed by atoms with van der Waals surface area (Å²) in [6, 6.07) is 0. The van der Waals surface area contributed by atoms with Crippen molar-refractivity contribution in [3.63, 3.8) is 0 Å². The minimum atomic E-state index is -0.154. The smallest absolute Gasteiger partial charge is 0.343 e. The highest BCUT2D eigenvalue weighted by molar-refractivity contribution is 7.98. The minimum Gasteiger partial charge on any atom is -0.375 e. The molecular weight excluding hydrogens is 258 g/mol. The number of rotatable bonds is 5. The maximum Gasteiger partial charge on any atom is 0.343 e. The molecule has 3 N–H and O–H groups in total. The number of nitrogens with zero attached hydrogens (tertiary/aromatic N) is 3. The summed E-state index contributed by atoms with van der Waals surface area (Å²) >= 11 is 2.96. The molecule has 0 saturated heterocycles. The molecule has 0 bridgehead atoms. The normalized spacial score (nSPS) is 10.9. The Hall–Kier alpha value is -1.28. The molecule has 92 valence electrons. The molecule has 0 aromatic carbocycles. The predicted molar refractivity (Wildman–Crippen MR) is 69.2 cm³/mol. The molecule has 8 heteroatoms. The van der Waals surface area contributed by atoms with Gasteiger partial charge in [0.05, 0.1) is 0 Å². The summed E-state index contributed by atoms with van der Waals surface area (Å²) in [5.41, 5.74) is 5.40. The predicted octanol–water partition coefficient (Wildman–Crippen LogP) is 1.31. The molecule has 0 aliphatic rings. The molecule has 2 rings (SSSR count). The summed E-state index contributed by atoms with van der Waals surface area (Å²) in [5, 5.41) is 7.74. The fraction of sp³-hybridized carbons (Fsp3) is 0.444. The fourth-order valence-electron chi connectivity index (χ4n) is 1.36. The second-order valence-electron chi connectivity index (χ2n) is 3.42. The molecule has 0 saturated carbocycles. The third-order valence-corrected chi connectivity index (χ3v) is 4.12. The van der Waals surface area contributed by atoms with E-state index in [1.165, 1.54) is 23.1 Å². The Morgan fingerprint density at radius 1 is 1.65 bits per heavy atom. The zero-order chi connectivity index (χ0) is 12.3. The van der Waals surface area contributed by atoms with E-state index in [2.05, 4.69) is 15.2 Å². The SMILES string of the molecule is CCCn1c(SCc2cnc(N)s2)n[nH]c1=O. The zero-order valence-corrected chi connectivity index (χ0v) is 11.0. The summed E-state index contributed by atoms with van der Waals surface area (Å²) in [6.45, 7) is 2.71. The fourth-order valence-corrected chi connectivity index (χ4v) is 3.04. The van der Waals surface area contributed by atoms with Gasteiger partial charge in [0.25, 0.3) is 0 Å². The van der Waals surface area contributed by atoms with Crippen molar-refractivity contribution in [1.82, 2.24) is 19.7 Å². The Bertz CT molecular complexity index is 544. The van der Waals surface area contributed by atoms with Crippen LogP contribution in [-0.2, 0) is 12.3 Å². The quantitative estimate of drug-likeness (QED) is 0.800. The van der Waals surface area contributed by atoms with Crippen molar-refractivity contribution in [2.75, 3.05) is 5.73 Å². The lowest BCUT2D eigenvalue weighted by atomic mass is 10.5. The van der Waals surface area contributed by atoms with Crippen LogP contribution in [0.5, 0.6) is 0 Å². The second-order valence-corrected chi connectivity index (χ2v) is 5.51. The first-order valence-electron chi connectivity index (χ1n) is 5.19. The topological polar surface area (TPSA) is 89.6 Å². The van der Waals surface area contributed by atoms with Gasteiger partial charge in [-0.15, -0.1) is 16.4 Å². The van der Waals surface area contributed by atoms with E-state index in [0.29, 0.717) is 16.8 Å². The first-order chi connectivity index (χ1) is 8.20. The van der Waals surface area contributed by atoms with Crippen LogP contribution in [0.2, 0.25) is 0 Å². The number of thioether (sulfide) groups is 1. The molecule has 0 aliphatic heterocycles. The van der Waals surface area contributed by atoms with E-state index >= 15 is 0 Å². The summed E-state index contributed by atoms with van der Waals surface area (Å²) in [7, 11) is 0. The summed E-state index contributed by atoms with van der Waals surface area (Å²) in [5.74, 6) is 0.725. The van der Waals surface area contributed by atoms with Crippen LogP contribution >= 0.6 is 23.1 Å². The van der Waals surface area contributed by atoms with Crippen LogP contribution in [0, 0.1) is 0 Å². The third kappa shape index (κ3) is 2.89. The number of thiazole rings is 1. The highest BCUT2D eigenvalue weighted by Crippen LogP contribution is 2.24. The van der Waals surface area contributed by atoms with Crippen LogP contribution in [0.1, 0.15) is 18.2 Å². The Labute approximate surface area is 106 Å². The number of hydrogen-bond donors (Lipinski definition) is 2. The van der Waals surface area contributed by atoms with Crippen LogP contribution in [0.25, 0.3) is 0 Å². The van der Waals surface area contributed by atoms with E-state index in [0.717, 1.165) is 17.1 Å². The maximum absolute atomic E-state index is 11.4. The molecule has 6 nitrogen and oxygen atoms in total. The molecular formula is C9H13N5OS2. The average Bonchev–Trinajstić information content (AvgIpc) is 2.86. The van der Waals surface area contributed by atoms with Crippen molar-refractivity contribution < 1.29 is 0 Å². The van der Waals surface area contributed by atoms with Gasteiger partial charge in [-0.3, -0.25) is 4.57 Å². The van der Waals surface area contributed by atoms with Crippen LogP contribution in [0.15, 0.2) is 16.1 Å². The van der Waals surface area contributed by atoms with Crippen molar-refractivity contribution in [3.05, 3.63) is 21.6 Å². The standard InChI is InChI=1S/C9H13N5OS2/c1-2-3-14-8(15)12-13-9(14)16-5-6-4-11-7(10)17-6/h4H,2-3,5H2,1H3,(H2,10,11)(H,12,15). The van der Waals surface area contributed by atoms with Crippen LogP contribution in [0.3, 0.4) is 0 Å². The van der Waals surface area contributed by atoms with E-state index in [-0.39, 0.29) is 5.69 Å². The van der Waals surface area contributed by atoms with Crippen LogP contribution < -0.4 is 11.4 Å². The Morgan fingerprint density at radius 3 is 3.12 bits per heavy atom. The average molecular weight is 271 g/mol. The Balaban J connectivity index is 2.06. The number of aromatic nitrogens is 4. The van der Waals surface area contributed by atoms with Crippen molar-refractivity contribution >= 4 is 28.2 Å². The third-order valence-electron chi connectivity index (χ3n) is 2.09. The van der Waals surface area contributed by atoms with Crippen LogP contribution in [0.4, 0.5) is 5.13 Å². The largest absolute Gasteiger partial charge is 0.375 e. The monoisotopic (exact) mass is 271 g/mol. The van der Waals surface area contributed by atoms with Crippen molar-refractivity contribution in [1.29, 1.82) is 0 Å². The minimum absolute atomic E-state index is 0.154. The molecule has 2 aromatic rings. The highest BCUT2D eigenvalue weighted by atomic mass is 32.2. The summed E-state index contributed by atoms with van der Waals surface area (Å²) in [6.07, 6.45) is 2.66. The number of H-pyrrole nitrogens is 1. The molecule has 0 aliphatic carbocycles. The highest BCUT2D eigenvalue weighted by Gasteiger charge is 2.09. The number of nitrogens with one attached hydrogen (secondary N) is 1. The molecule has 2 aromatic heterocycles. The van der Waals surface area contributed by atoms with E-state index in [9.17, 15) is 4.79 Å². The van der Waals surface area contributed by atoms with Crippen molar-refractivity contribution in [2.24, 2.45) is 0 Å². The number of aromatic amines is 1. The van der Waals surface area contributed by atoms with Gasteiger partial charge in [-0.2, -0.15) is 0 Å². The van der Waals surface area contributed by atoms with Gasteiger partial charge in [-0.05, 0) is 6.42 Å². The first-order valence-corrected chi connectivity index (χ1v) is 6.99. The van der Waals surface area contributed by atoms with E-state index in [4.69, 9.17) is 5.73 Å². The number of nitrogens with two attached hydrogens (primary N) is 1. The van der Waals surface area contributed by atoms with Crippen molar-refractivity contribution in [2.45, 2.75) is 30.8 Å². The lowest BCUT2D eigenvalue weighted by Gasteiger charge is -2.01. The lowest BCUT2D eigenvalue weighted by Crippen LogP contribution is -2.17. The Kier molecular flexibility index (Phi) is 3.85. The maximum atomic E-state index is 11.4. The van der Waals surface area contributed by atoms with Gasteiger partial charge < -0.3 is 5.73 Å². The van der Waals surface area contributed by atoms with Gasteiger partial charge >= 0.3 is 5.69 Å². The number of nitrogen functional groups attached to an aromatic ring is 1. The molecule has 17 heavy (non-hydrogen) atoms. The summed E-state index contributed by atoms with van der Waals surface area (Å²) < 4.78 is 1.65. The van der Waals surface area contributed by atoms with E-state index < -0.39 is 0 Å². The molecule has 0 unspecified atom stereocenters. The van der Waals surface area contributed by atoms with Gasteiger partial charge in [0, 0.05) is 23.4 Å². The molecule has 0 radical (unpaired) electrons. The van der Waals surface area contributed by atoms with Gasteiger partial charge in [-0.1, -0.05) is 18.7 Å². The van der Waals surface area contributed by atoms with Gasteiger partial charge in [0.1, 0.15) is 0 Å². The van der Waals surface area contributed by atoms with E-state index in [1.54, 1.807) is 10.8 Å². The Morgan fingerprint density at radius 2 is 2.47 bits per heavy atom. The van der Waals surface area contributed by atoms with Crippen LogP contribution in [-0.4, -0.2) is 19.7 Å². The van der Waals surface area contributed by atoms with Gasteiger partial charge in [-0.25, -0.2) is 14.9 Å². The molecule has 2 heterocycles. The second kappa shape index (κ2) is 5.37. The zero-order valence-electron chi connectivity index (χ0n) is 9.34. The number of anilines is 1. The number of hydrogen-bond acceptors (Lipinski definition) is 6. The molecule has 0 atom stereocenters. The van der Waals surface area contributed by atoms with Gasteiger partial charge in [0.15, 0.2) is 10.3 Å². The van der Waals surface area contributed by atoms with Crippen molar-refractivity contribution in [3.8, 4) is 0 Å². The van der Waals surface area contributed by atoms with Gasteiger partial charge in [0.2, 0.25) is 0 Å². The van der Waals surface area contributed by atoms with E-state index in [1.807, 2.05) is 6.92 Å². The first kappa shape index (κ1) is 12.2. The molecule has 0 fully saturated rings. The molecule has 0 spiro atoms. The summed E-state index contributed by atoms with van der Waals surface area (Å²) in [4.78, 5) is 16.5. The lowest BCUT2D eigenvalue weighted by molar-refractivity contribution is 0.604.